The summed E-state index contributed by atoms with van der Waals surface area (Å²) in [7, 11) is -1.98. The maximum absolute atomic E-state index is 15.3. The second kappa shape index (κ2) is 12.1. The predicted molar refractivity (Wildman–Crippen MR) is 144 cm³/mol. The van der Waals surface area contributed by atoms with E-state index in [-0.39, 0.29) is 23.2 Å². The third-order valence-corrected chi connectivity index (χ3v) is 11.6. The summed E-state index contributed by atoms with van der Waals surface area (Å²) >= 11 is 0. The van der Waals surface area contributed by atoms with E-state index in [1.54, 1.807) is 24.5 Å². The van der Waals surface area contributed by atoms with E-state index in [9.17, 15) is 4.79 Å². The molecule has 0 aliphatic carbocycles. The van der Waals surface area contributed by atoms with Gasteiger partial charge in [0.1, 0.15) is 18.2 Å². The van der Waals surface area contributed by atoms with Crippen molar-refractivity contribution in [3.63, 3.8) is 0 Å². The molecular formula is C27H39FN4O3Si. The van der Waals surface area contributed by atoms with Gasteiger partial charge in [-0.2, -0.15) is 0 Å². The van der Waals surface area contributed by atoms with Crippen molar-refractivity contribution in [2.24, 2.45) is 5.16 Å². The van der Waals surface area contributed by atoms with Gasteiger partial charge in [-0.15, -0.1) is 0 Å². The molecule has 1 saturated heterocycles. The number of piperidine rings is 1. The van der Waals surface area contributed by atoms with Gasteiger partial charge in [-0.1, -0.05) is 51.0 Å². The molecule has 0 saturated carbocycles. The number of carbonyl (C=O) groups is 1. The number of carbonyl (C=O) groups excluding carboxylic acids is 1. The van der Waals surface area contributed by atoms with Crippen molar-refractivity contribution in [2.75, 3.05) is 24.6 Å². The molecule has 3 rings (SSSR count). The Kier molecular flexibility index (Phi) is 9.35. The fourth-order valence-electron chi connectivity index (χ4n) is 3.54. The number of rotatable bonds is 10. The summed E-state index contributed by atoms with van der Waals surface area (Å²) < 4.78 is 21.6. The number of ketones is 1. The molecule has 0 N–H and O–H groups in total. The molecular weight excluding hydrogens is 475 g/mol. The van der Waals surface area contributed by atoms with E-state index >= 15 is 4.39 Å². The average molecular weight is 515 g/mol. The molecule has 0 atom stereocenters. The minimum atomic E-state index is -1.98. The Labute approximate surface area is 215 Å². The van der Waals surface area contributed by atoms with Crippen molar-refractivity contribution in [3.05, 3.63) is 42.0 Å². The van der Waals surface area contributed by atoms with Crippen molar-refractivity contribution in [1.29, 1.82) is 0 Å². The van der Waals surface area contributed by atoms with E-state index in [0.717, 1.165) is 31.6 Å². The zero-order chi connectivity index (χ0) is 26.3. The number of anilines is 1. The van der Waals surface area contributed by atoms with Crippen molar-refractivity contribution in [1.82, 2.24) is 9.97 Å². The quantitative estimate of drug-likeness (QED) is 0.215. The minimum Gasteiger partial charge on any atom is -0.412 e. The largest absolute Gasteiger partial charge is 0.412 e. The predicted octanol–water partition coefficient (Wildman–Crippen LogP) is 6.15. The van der Waals surface area contributed by atoms with Crippen LogP contribution in [0.1, 0.15) is 58.9 Å². The number of oxime groups is 1. The first-order chi connectivity index (χ1) is 17.0. The first kappa shape index (κ1) is 27.9. The number of halogens is 1. The lowest BCUT2D eigenvalue weighted by Gasteiger charge is -2.36. The number of nitrogens with zero attached hydrogens (tertiary/aromatic N) is 4. The third kappa shape index (κ3) is 7.19. The Morgan fingerprint density at radius 2 is 1.83 bits per heavy atom. The summed E-state index contributed by atoms with van der Waals surface area (Å²) in [4.78, 5) is 27.7. The molecule has 0 amide bonds. The molecule has 7 nitrogen and oxygen atoms in total. The summed E-state index contributed by atoms with van der Waals surface area (Å²) in [6.45, 7) is 14.7. The lowest BCUT2D eigenvalue weighted by atomic mass is 10.1. The Morgan fingerprint density at radius 3 is 2.44 bits per heavy atom. The van der Waals surface area contributed by atoms with E-state index in [0.29, 0.717) is 42.1 Å². The van der Waals surface area contributed by atoms with Crippen LogP contribution in [-0.2, 0) is 20.7 Å². The summed E-state index contributed by atoms with van der Waals surface area (Å²) in [5.41, 5.74) is 2.64. The maximum Gasteiger partial charge on any atom is 0.225 e. The molecule has 9 heteroatoms. The van der Waals surface area contributed by atoms with Crippen molar-refractivity contribution in [2.45, 2.75) is 78.1 Å². The number of benzene rings is 1. The highest BCUT2D eigenvalue weighted by molar-refractivity contribution is 6.74. The summed E-state index contributed by atoms with van der Waals surface area (Å²) in [5, 5.41) is 4.24. The molecule has 1 aromatic heterocycles. The van der Waals surface area contributed by atoms with Gasteiger partial charge in [0.25, 0.3) is 0 Å². The molecule has 196 valence electrons. The number of aromatic nitrogens is 2. The Morgan fingerprint density at radius 1 is 1.17 bits per heavy atom. The van der Waals surface area contributed by atoms with Crippen molar-refractivity contribution in [3.8, 4) is 11.1 Å². The van der Waals surface area contributed by atoms with E-state index in [1.807, 2.05) is 13.0 Å². The molecule has 0 radical (unpaired) electrons. The van der Waals surface area contributed by atoms with Crippen molar-refractivity contribution < 1.29 is 18.4 Å². The molecule has 1 aromatic carbocycles. The van der Waals surface area contributed by atoms with Gasteiger partial charge in [0.15, 0.2) is 8.32 Å². The smallest absolute Gasteiger partial charge is 0.225 e. The van der Waals surface area contributed by atoms with Crippen LogP contribution in [0.3, 0.4) is 0 Å². The van der Waals surface area contributed by atoms with Crippen LogP contribution in [0.5, 0.6) is 0 Å². The maximum atomic E-state index is 15.3. The lowest BCUT2D eigenvalue weighted by Crippen LogP contribution is -2.40. The van der Waals surface area contributed by atoms with Gasteiger partial charge < -0.3 is 14.2 Å². The standard InChI is InChI=1S/C27H39FN4O3Si/c1-7-23(33)13-16-34-31-22-11-14-32(15-12-22)26-29-17-21(18-30-26)24-10-8-9-20(25(24)28)19-35-36(5,6)27(2,3)4/h8-10,17-18H,7,11-16,19H2,1-6H3. The van der Waals surface area contributed by atoms with Crippen LogP contribution >= 0.6 is 0 Å². The molecule has 2 aromatic rings. The number of hydrogen-bond acceptors (Lipinski definition) is 7. The van der Waals surface area contributed by atoms with Crippen LogP contribution in [0.15, 0.2) is 35.7 Å². The zero-order valence-electron chi connectivity index (χ0n) is 22.4. The van der Waals surface area contributed by atoms with Gasteiger partial charge in [-0.05, 0) is 18.1 Å². The molecule has 0 bridgehead atoms. The molecule has 1 aliphatic heterocycles. The van der Waals surface area contributed by atoms with E-state index in [4.69, 9.17) is 9.26 Å². The lowest BCUT2D eigenvalue weighted by molar-refractivity contribution is -0.119. The van der Waals surface area contributed by atoms with Crippen LogP contribution in [0.25, 0.3) is 11.1 Å². The van der Waals surface area contributed by atoms with E-state index in [1.165, 1.54) is 0 Å². The number of Topliss-reactive ketones (excluding diaryl/α,β-unsaturated/α-hetero) is 1. The van der Waals surface area contributed by atoms with E-state index in [2.05, 4.69) is 53.9 Å². The van der Waals surface area contributed by atoms with Crippen LogP contribution in [-0.4, -0.2) is 49.5 Å². The monoisotopic (exact) mass is 514 g/mol. The normalized spacial score (nSPS) is 14.6. The van der Waals surface area contributed by atoms with Crippen LogP contribution in [0.2, 0.25) is 18.1 Å². The van der Waals surface area contributed by atoms with Crippen LogP contribution < -0.4 is 4.90 Å². The van der Waals surface area contributed by atoms with Crippen molar-refractivity contribution >= 4 is 25.8 Å². The molecule has 0 unspecified atom stereocenters. The third-order valence-electron chi connectivity index (χ3n) is 7.11. The average Bonchev–Trinajstić information content (AvgIpc) is 2.86. The Bertz CT molecular complexity index is 1060. The highest BCUT2D eigenvalue weighted by Crippen LogP contribution is 2.37. The van der Waals surface area contributed by atoms with Gasteiger partial charge in [0.2, 0.25) is 5.95 Å². The fourth-order valence-corrected chi connectivity index (χ4v) is 4.49. The molecule has 2 heterocycles. The van der Waals surface area contributed by atoms with Gasteiger partial charge >= 0.3 is 0 Å². The SMILES string of the molecule is CCC(=O)CCON=C1CCN(c2ncc(-c3cccc(CO[Si](C)(C)C(C)(C)C)c3F)cn2)CC1. The van der Waals surface area contributed by atoms with Gasteiger partial charge in [0.05, 0.1) is 12.3 Å². The van der Waals surface area contributed by atoms with Crippen LogP contribution in [0, 0.1) is 5.82 Å². The molecule has 1 aliphatic rings. The fraction of sp³-hybridized carbons (Fsp3) is 0.556. The highest BCUT2D eigenvalue weighted by Gasteiger charge is 2.37. The summed E-state index contributed by atoms with van der Waals surface area (Å²) in [6, 6.07) is 5.38. The first-order valence-electron chi connectivity index (χ1n) is 12.7. The first-order valence-corrected chi connectivity index (χ1v) is 15.6. The van der Waals surface area contributed by atoms with E-state index < -0.39 is 8.32 Å². The summed E-state index contributed by atoms with van der Waals surface area (Å²) in [5.74, 6) is 0.508. The topological polar surface area (TPSA) is 76.9 Å². The molecule has 36 heavy (non-hydrogen) atoms. The molecule has 1 fully saturated rings. The van der Waals surface area contributed by atoms with Gasteiger partial charge in [0, 0.05) is 67.9 Å². The molecule has 0 spiro atoms. The summed E-state index contributed by atoms with van der Waals surface area (Å²) in [6.07, 6.45) is 5.77. The minimum absolute atomic E-state index is 0.0634. The number of hydrogen-bond donors (Lipinski definition) is 0. The van der Waals surface area contributed by atoms with Gasteiger partial charge in [-0.3, -0.25) is 4.79 Å². The van der Waals surface area contributed by atoms with Crippen LogP contribution in [0.4, 0.5) is 10.3 Å². The van der Waals surface area contributed by atoms with Gasteiger partial charge in [-0.25, -0.2) is 14.4 Å². The zero-order valence-corrected chi connectivity index (χ0v) is 23.4. The Hall–Kier alpha value is -2.65. The second-order valence-electron chi connectivity index (χ2n) is 10.7. The Balaban J connectivity index is 1.59. The second-order valence-corrected chi connectivity index (χ2v) is 15.5. The highest BCUT2D eigenvalue weighted by atomic mass is 28.4.